The van der Waals surface area contributed by atoms with Gasteiger partial charge in [0, 0.05) is 12.4 Å². The number of hydrogen-bond acceptors (Lipinski definition) is 4. The molecule has 2 rings (SSSR count). The summed E-state index contributed by atoms with van der Waals surface area (Å²) in [7, 11) is 0. The van der Waals surface area contributed by atoms with Gasteiger partial charge in [-0.15, -0.1) is 0 Å². The van der Waals surface area contributed by atoms with Gasteiger partial charge in [0.1, 0.15) is 5.69 Å². The van der Waals surface area contributed by atoms with Crippen molar-refractivity contribution in [3.63, 3.8) is 0 Å². The van der Waals surface area contributed by atoms with E-state index >= 15 is 0 Å². The molecule has 0 radical (unpaired) electrons. The van der Waals surface area contributed by atoms with E-state index in [1.54, 1.807) is 0 Å². The molecule has 0 bridgehead atoms. The van der Waals surface area contributed by atoms with Crippen molar-refractivity contribution in [1.29, 1.82) is 0 Å². The average molecular weight is 261 g/mol. The number of pyridine rings is 2. The number of aromatic carboxylic acids is 1. The molecule has 0 atom stereocenters. The van der Waals surface area contributed by atoms with Crippen LogP contribution in [-0.4, -0.2) is 27.0 Å². The lowest BCUT2D eigenvalue weighted by Gasteiger charge is -2.05. The van der Waals surface area contributed by atoms with Crippen LogP contribution < -0.4 is 5.32 Å². The standard InChI is InChI=1S/C12H8FN3O3/c13-8-6-14-4-3-9(8)16-11(17)10-2-1-7(5-15-10)12(18)19/h1-6H,(H,18,19)(H,14,16,17). The Morgan fingerprint density at radius 2 is 2.00 bits per heavy atom. The van der Waals surface area contributed by atoms with E-state index in [4.69, 9.17) is 5.11 Å². The van der Waals surface area contributed by atoms with Crippen molar-refractivity contribution in [3.8, 4) is 0 Å². The molecule has 0 unspecified atom stereocenters. The molecular formula is C12H8FN3O3. The number of aromatic nitrogens is 2. The number of amides is 1. The van der Waals surface area contributed by atoms with Crippen LogP contribution in [0.3, 0.4) is 0 Å². The lowest BCUT2D eigenvalue weighted by molar-refractivity contribution is 0.0696. The van der Waals surface area contributed by atoms with Crippen molar-refractivity contribution < 1.29 is 19.1 Å². The van der Waals surface area contributed by atoms with Gasteiger partial charge in [-0.25, -0.2) is 9.18 Å². The SMILES string of the molecule is O=C(O)c1ccc(C(=O)Nc2ccncc2F)nc1. The van der Waals surface area contributed by atoms with Crippen molar-refractivity contribution in [2.75, 3.05) is 5.32 Å². The molecule has 0 aromatic carbocycles. The molecule has 0 aliphatic heterocycles. The molecule has 0 aliphatic rings. The Balaban J connectivity index is 2.16. The molecule has 2 aromatic heterocycles. The first-order valence-electron chi connectivity index (χ1n) is 5.18. The van der Waals surface area contributed by atoms with Gasteiger partial charge < -0.3 is 10.4 Å². The Labute approximate surface area is 106 Å². The van der Waals surface area contributed by atoms with Crippen molar-refractivity contribution in [1.82, 2.24) is 9.97 Å². The molecule has 6 nitrogen and oxygen atoms in total. The number of anilines is 1. The number of nitrogens with zero attached hydrogens (tertiary/aromatic N) is 2. The van der Waals surface area contributed by atoms with Crippen LogP contribution in [0.15, 0.2) is 36.8 Å². The Kier molecular flexibility index (Phi) is 3.46. The lowest BCUT2D eigenvalue weighted by atomic mass is 10.2. The summed E-state index contributed by atoms with van der Waals surface area (Å²) in [6.07, 6.45) is 3.36. The summed E-state index contributed by atoms with van der Waals surface area (Å²) in [5, 5.41) is 11.0. The minimum atomic E-state index is -1.14. The summed E-state index contributed by atoms with van der Waals surface area (Å²) in [6.45, 7) is 0. The minimum absolute atomic E-state index is 0.0128. The second-order valence-electron chi connectivity index (χ2n) is 3.55. The van der Waals surface area contributed by atoms with Gasteiger partial charge in [-0.3, -0.25) is 14.8 Å². The normalized spacial score (nSPS) is 9.95. The quantitative estimate of drug-likeness (QED) is 0.874. The first-order valence-corrected chi connectivity index (χ1v) is 5.18. The van der Waals surface area contributed by atoms with Crippen molar-refractivity contribution in [3.05, 3.63) is 53.9 Å². The molecular weight excluding hydrogens is 253 g/mol. The van der Waals surface area contributed by atoms with E-state index in [0.29, 0.717) is 0 Å². The molecule has 96 valence electrons. The third-order valence-corrected chi connectivity index (χ3v) is 2.26. The Morgan fingerprint density at radius 3 is 2.58 bits per heavy atom. The molecule has 2 aromatic rings. The van der Waals surface area contributed by atoms with Gasteiger partial charge in [0.15, 0.2) is 5.82 Å². The van der Waals surface area contributed by atoms with Gasteiger partial charge in [0.05, 0.1) is 17.4 Å². The monoisotopic (exact) mass is 261 g/mol. The van der Waals surface area contributed by atoms with E-state index in [9.17, 15) is 14.0 Å². The van der Waals surface area contributed by atoms with Gasteiger partial charge in [0.25, 0.3) is 5.91 Å². The fourth-order valence-electron chi connectivity index (χ4n) is 1.32. The van der Waals surface area contributed by atoms with Gasteiger partial charge in [-0.05, 0) is 18.2 Å². The van der Waals surface area contributed by atoms with Crippen molar-refractivity contribution >= 4 is 17.6 Å². The van der Waals surface area contributed by atoms with Gasteiger partial charge >= 0.3 is 5.97 Å². The van der Waals surface area contributed by atoms with E-state index in [2.05, 4.69) is 15.3 Å². The molecule has 2 N–H and O–H groups in total. The van der Waals surface area contributed by atoms with Crippen LogP contribution in [0.2, 0.25) is 0 Å². The number of nitrogens with one attached hydrogen (secondary N) is 1. The number of carbonyl (C=O) groups is 2. The first kappa shape index (κ1) is 12.6. The highest BCUT2D eigenvalue weighted by atomic mass is 19.1. The van der Waals surface area contributed by atoms with Gasteiger partial charge in [-0.2, -0.15) is 0 Å². The fourth-order valence-corrected chi connectivity index (χ4v) is 1.32. The van der Waals surface area contributed by atoms with Crippen LogP contribution in [0.1, 0.15) is 20.8 Å². The molecule has 0 aliphatic carbocycles. The lowest BCUT2D eigenvalue weighted by Crippen LogP contribution is -2.15. The van der Waals surface area contributed by atoms with Gasteiger partial charge in [0.2, 0.25) is 0 Å². The Hall–Kier alpha value is -2.83. The topological polar surface area (TPSA) is 92.2 Å². The Bertz CT molecular complexity index is 628. The number of carboxylic acids is 1. The van der Waals surface area contributed by atoms with Crippen LogP contribution in [-0.2, 0) is 0 Å². The highest BCUT2D eigenvalue weighted by molar-refractivity contribution is 6.03. The predicted molar refractivity (Wildman–Crippen MR) is 63.3 cm³/mol. The molecule has 0 saturated heterocycles. The van der Waals surface area contributed by atoms with Crippen LogP contribution in [0.25, 0.3) is 0 Å². The summed E-state index contributed by atoms with van der Waals surface area (Å²) in [4.78, 5) is 29.6. The molecule has 19 heavy (non-hydrogen) atoms. The summed E-state index contributed by atoms with van der Waals surface area (Å²) >= 11 is 0. The maximum atomic E-state index is 13.3. The van der Waals surface area contributed by atoms with E-state index in [-0.39, 0.29) is 16.9 Å². The largest absolute Gasteiger partial charge is 0.478 e. The third kappa shape index (κ3) is 2.89. The summed E-state index contributed by atoms with van der Waals surface area (Å²) in [6, 6.07) is 3.80. The molecule has 0 saturated carbocycles. The smallest absolute Gasteiger partial charge is 0.337 e. The van der Waals surface area contributed by atoms with Crippen molar-refractivity contribution in [2.45, 2.75) is 0 Å². The average Bonchev–Trinajstić information content (AvgIpc) is 2.41. The highest BCUT2D eigenvalue weighted by Gasteiger charge is 2.11. The molecule has 7 heteroatoms. The first-order chi connectivity index (χ1) is 9.08. The van der Waals surface area contributed by atoms with Crippen molar-refractivity contribution in [2.24, 2.45) is 0 Å². The molecule has 1 amide bonds. The summed E-state index contributed by atoms with van der Waals surface area (Å²) in [5.74, 6) is -2.44. The van der Waals surface area contributed by atoms with Crippen LogP contribution in [0.5, 0.6) is 0 Å². The maximum Gasteiger partial charge on any atom is 0.337 e. The van der Waals surface area contributed by atoms with Crippen LogP contribution >= 0.6 is 0 Å². The third-order valence-electron chi connectivity index (χ3n) is 2.26. The zero-order valence-corrected chi connectivity index (χ0v) is 9.50. The van der Waals surface area contributed by atoms with Gasteiger partial charge in [-0.1, -0.05) is 0 Å². The second kappa shape index (κ2) is 5.21. The summed E-state index contributed by atoms with van der Waals surface area (Å²) in [5.41, 5.74) is -0.0723. The number of carbonyl (C=O) groups excluding carboxylic acids is 1. The molecule has 2 heterocycles. The Morgan fingerprint density at radius 1 is 1.21 bits per heavy atom. The number of hydrogen-bond donors (Lipinski definition) is 2. The van der Waals surface area contributed by atoms with E-state index in [1.807, 2.05) is 0 Å². The summed E-state index contributed by atoms with van der Waals surface area (Å²) < 4.78 is 13.3. The predicted octanol–water partition coefficient (Wildman–Crippen LogP) is 1.57. The number of halogens is 1. The van der Waals surface area contributed by atoms with E-state index < -0.39 is 17.7 Å². The van der Waals surface area contributed by atoms with Crippen LogP contribution in [0.4, 0.5) is 10.1 Å². The van der Waals surface area contributed by atoms with E-state index in [0.717, 1.165) is 12.4 Å². The fraction of sp³-hybridized carbons (Fsp3) is 0. The molecule has 0 fully saturated rings. The highest BCUT2D eigenvalue weighted by Crippen LogP contribution is 2.12. The molecule has 0 spiro atoms. The van der Waals surface area contributed by atoms with Crippen LogP contribution in [0, 0.1) is 5.82 Å². The van der Waals surface area contributed by atoms with E-state index in [1.165, 1.54) is 24.4 Å². The minimum Gasteiger partial charge on any atom is -0.478 e. The zero-order valence-electron chi connectivity index (χ0n) is 9.50. The number of rotatable bonds is 3. The second-order valence-corrected chi connectivity index (χ2v) is 3.55. The number of carboxylic acid groups (broad SMARTS) is 1. The maximum absolute atomic E-state index is 13.3. The zero-order chi connectivity index (χ0) is 13.8.